The lowest BCUT2D eigenvalue weighted by atomic mass is 9.42. The van der Waals surface area contributed by atoms with Gasteiger partial charge in [-0.15, -0.1) is 0 Å². The minimum atomic E-state index is -0.627. The molecule has 4 saturated carbocycles. The number of rotatable bonds is 4. The van der Waals surface area contributed by atoms with Crippen LogP contribution < -0.4 is 0 Å². The Bertz CT molecular complexity index is 616. The van der Waals surface area contributed by atoms with E-state index in [4.69, 9.17) is 4.52 Å². The quantitative estimate of drug-likeness (QED) is 0.927. The van der Waals surface area contributed by atoms with Gasteiger partial charge in [-0.1, -0.05) is 18.5 Å². The van der Waals surface area contributed by atoms with Crippen LogP contribution in [0.4, 0.5) is 0 Å². The molecular weight excluding hydrogens is 292 g/mol. The van der Waals surface area contributed by atoms with Crippen molar-refractivity contribution in [3.63, 3.8) is 0 Å². The smallest absolute Gasteiger partial charge is 0.229 e. The van der Waals surface area contributed by atoms with Gasteiger partial charge in [0, 0.05) is 13.1 Å². The Morgan fingerprint density at radius 1 is 1.39 bits per heavy atom. The summed E-state index contributed by atoms with van der Waals surface area (Å²) in [5, 5.41) is 14.8. The van der Waals surface area contributed by atoms with Crippen LogP contribution in [0.5, 0.6) is 0 Å². The number of amides is 1. The van der Waals surface area contributed by atoms with Gasteiger partial charge < -0.3 is 14.5 Å². The van der Waals surface area contributed by atoms with E-state index >= 15 is 0 Å². The number of aromatic nitrogens is 1. The van der Waals surface area contributed by atoms with Crippen molar-refractivity contribution in [3.8, 4) is 0 Å². The summed E-state index contributed by atoms with van der Waals surface area (Å²) in [4.78, 5) is 15.0. The maximum Gasteiger partial charge on any atom is 0.229 e. The maximum atomic E-state index is 13.3. The fourth-order valence-electron chi connectivity index (χ4n) is 6.25. The molecule has 0 unspecified atom stereocenters. The molecule has 1 N–H and O–H groups in total. The van der Waals surface area contributed by atoms with Gasteiger partial charge in [-0.05, 0) is 49.9 Å². The first-order valence-corrected chi connectivity index (χ1v) is 8.75. The SMILES string of the molecule is CC[C@]12C[C@H]3C[C@@](O)(C1)C[C@@](C(=O)N(C)Cc1ccno1)(C3)C2. The topological polar surface area (TPSA) is 66.6 Å². The van der Waals surface area contributed by atoms with Gasteiger partial charge in [0.25, 0.3) is 0 Å². The molecule has 126 valence electrons. The van der Waals surface area contributed by atoms with Crippen LogP contribution in [0.15, 0.2) is 16.8 Å². The first-order valence-electron chi connectivity index (χ1n) is 8.75. The summed E-state index contributed by atoms with van der Waals surface area (Å²) < 4.78 is 5.14. The molecule has 5 rings (SSSR count). The molecular formula is C18H26N2O3. The molecule has 4 bridgehead atoms. The summed E-state index contributed by atoms with van der Waals surface area (Å²) in [6, 6.07) is 1.80. The molecule has 0 spiro atoms. The van der Waals surface area contributed by atoms with Crippen molar-refractivity contribution in [2.75, 3.05) is 7.05 Å². The summed E-state index contributed by atoms with van der Waals surface area (Å²) >= 11 is 0. The minimum absolute atomic E-state index is 0.164. The van der Waals surface area contributed by atoms with Crippen LogP contribution in [-0.4, -0.2) is 33.7 Å². The summed E-state index contributed by atoms with van der Waals surface area (Å²) in [5.74, 6) is 1.38. The molecule has 1 amide bonds. The normalized spacial score (nSPS) is 41.3. The number of carbonyl (C=O) groups is 1. The third-order valence-corrected chi connectivity index (χ3v) is 6.59. The second-order valence-corrected chi connectivity index (χ2v) is 8.51. The van der Waals surface area contributed by atoms with Crippen LogP contribution in [0.3, 0.4) is 0 Å². The van der Waals surface area contributed by atoms with Gasteiger partial charge >= 0.3 is 0 Å². The van der Waals surface area contributed by atoms with E-state index in [1.165, 1.54) is 6.42 Å². The van der Waals surface area contributed by atoms with Crippen LogP contribution in [0.2, 0.25) is 0 Å². The Hall–Kier alpha value is -1.36. The standard InChI is InChI=1S/C18H26N2O3/c1-3-16-6-13-7-17(10-16,12-18(22,8-13)11-16)15(21)20(2)9-14-4-5-19-23-14/h4-5,13,22H,3,6-12H2,1-2H3/t13-,16-,17-,18-/m1/s1. The molecule has 0 radical (unpaired) electrons. The Morgan fingerprint density at radius 2 is 2.22 bits per heavy atom. The molecule has 4 aliphatic rings. The Labute approximate surface area is 137 Å². The number of nitrogens with zero attached hydrogens (tertiary/aromatic N) is 2. The zero-order valence-corrected chi connectivity index (χ0v) is 14.0. The van der Waals surface area contributed by atoms with E-state index in [2.05, 4.69) is 12.1 Å². The van der Waals surface area contributed by atoms with Gasteiger partial charge in [0.05, 0.1) is 23.8 Å². The average molecular weight is 318 g/mol. The lowest BCUT2D eigenvalue weighted by molar-refractivity contribution is -0.209. The fourth-order valence-corrected chi connectivity index (χ4v) is 6.25. The second kappa shape index (κ2) is 4.82. The molecule has 4 aliphatic carbocycles. The van der Waals surface area contributed by atoms with Crippen LogP contribution in [-0.2, 0) is 11.3 Å². The second-order valence-electron chi connectivity index (χ2n) is 8.51. The van der Waals surface area contributed by atoms with Gasteiger partial charge in [-0.3, -0.25) is 4.79 Å². The van der Waals surface area contributed by atoms with E-state index in [1.807, 2.05) is 7.05 Å². The third-order valence-electron chi connectivity index (χ3n) is 6.59. The van der Waals surface area contributed by atoms with Crippen LogP contribution >= 0.6 is 0 Å². The highest BCUT2D eigenvalue weighted by molar-refractivity contribution is 5.83. The molecule has 5 nitrogen and oxygen atoms in total. The lowest BCUT2D eigenvalue weighted by Crippen LogP contribution is -2.63. The van der Waals surface area contributed by atoms with Crippen LogP contribution in [0, 0.1) is 16.7 Å². The molecule has 1 aromatic rings. The minimum Gasteiger partial charge on any atom is -0.390 e. The number of hydrogen-bond acceptors (Lipinski definition) is 4. The number of hydrogen-bond donors (Lipinski definition) is 1. The molecule has 4 fully saturated rings. The first-order chi connectivity index (χ1) is 10.9. The van der Waals surface area contributed by atoms with E-state index < -0.39 is 5.60 Å². The maximum absolute atomic E-state index is 13.3. The number of carbonyl (C=O) groups excluding carboxylic acids is 1. The summed E-state index contributed by atoms with van der Waals surface area (Å²) in [6.45, 7) is 2.66. The van der Waals surface area contributed by atoms with Gasteiger partial charge in [0.15, 0.2) is 5.76 Å². The van der Waals surface area contributed by atoms with E-state index in [-0.39, 0.29) is 16.7 Å². The fraction of sp³-hybridized carbons (Fsp3) is 0.778. The highest BCUT2D eigenvalue weighted by Gasteiger charge is 2.65. The third kappa shape index (κ3) is 2.32. The molecule has 1 heterocycles. The lowest BCUT2D eigenvalue weighted by Gasteiger charge is -2.64. The monoisotopic (exact) mass is 318 g/mol. The van der Waals surface area contributed by atoms with Crippen molar-refractivity contribution < 1.29 is 14.4 Å². The van der Waals surface area contributed by atoms with E-state index in [0.717, 1.165) is 32.1 Å². The van der Waals surface area contributed by atoms with Crippen LogP contribution in [0.25, 0.3) is 0 Å². The van der Waals surface area contributed by atoms with Gasteiger partial charge in [-0.2, -0.15) is 0 Å². The number of aliphatic hydroxyl groups is 1. The van der Waals surface area contributed by atoms with Gasteiger partial charge in [-0.25, -0.2) is 0 Å². The van der Waals surface area contributed by atoms with Gasteiger partial charge in [0.1, 0.15) is 0 Å². The van der Waals surface area contributed by atoms with E-state index in [1.54, 1.807) is 17.2 Å². The predicted molar refractivity (Wildman–Crippen MR) is 84.3 cm³/mol. The zero-order valence-electron chi connectivity index (χ0n) is 14.0. The molecule has 1 aromatic heterocycles. The molecule has 0 saturated heterocycles. The first kappa shape index (κ1) is 15.2. The largest absolute Gasteiger partial charge is 0.390 e. The molecule has 5 heteroatoms. The van der Waals surface area contributed by atoms with Crippen molar-refractivity contribution in [2.24, 2.45) is 16.7 Å². The zero-order chi connectivity index (χ0) is 16.3. The average Bonchev–Trinajstić information content (AvgIpc) is 2.96. The van der Waals surface area contributed by atoms with E-state index in [0.29, 0.717) is 24.6 Å². The Balaban J connectivity index is 1.61. The highest BCUT2D eigenvalue weighted by atomic mass is 16.5. The molecule has 0 aliphatic heterocycles. The Morgan fingerprint density at radius 3 is 2.87 bits per heavy atom. The van der Waals surface area contributed by atoms with Crippen molar-refractivity contribution in [3.05, 3.63) is 18.0 Å². The van der Waals surface area contributed by atoms with Crippen molar-refractivity contribution in [1.82, 2.24) is 10.1 Å². The van der Waals surface area contributed by atoms with Crippen molar-refractivity contribution >= 4 is 5.91 Å². The summed E-state index contributed by atoms with van der Waals surface area (Å²) in [6.07, 6.45) is 8.14. The van der Waals surface area contributed by atoms with Crippen LogP contribution in [0.1, 0.15) is 57.6 Å². The van der Waals surface area contributed by atoms with Gasteiger partial charge in [0.2, 0.25) is 5.91 Å². The molecule has 23 heavy (non-hydrogen) atoms. The van der Waals surface area contributed by atoms with E-state index in [9.17, 15) is 9.90 Å². The van der Waals surface area contributed by atoms with Crippen molar-refractivity contribution in [1.29, 1.82) is 0 Å². The molecule has 4 atom stereocenters. The summed E-state index contributed by atoms with van der Waals surface area (Å²) in [7, 11) is 1.84. The Kier molecular flexibility index (Phi) is 3.18. The van der Waals surface area contributed by atoms with Crippen molar-refractivity contribution in [2.45, 2.75) is 64.0 Å². The highest BCUT2D eigenvalue weighted by Crippen LogP contribution is 2.67. The molecule has 0 aromatic carbocycles. The predicted octanol–water partition coefficient (Wildman–Crippen LogP) is 2.74. The summed E-state index contributed by atoms with van der Waals surface area (Å²) in [5.41, 5.74) is -0.839.